The van der Waals surface area contributed by atoms with E-state index in [1.165, 1.54) is 4.68 Å². The van der Waals surface area contributed by atoms with Crippen molar-refractivity contribution in [2.75, 3.05) is 20.2 Å². The molecule has 0 radical (unpaired) electrons. The highest BCUT2D eigenvalue weighted by Crippen LogP contribution is 2.26. The largest absolute Gasteiger partial charge is 0.497 e. The monoisotopic (exact) mass is 356 g/mol. The molecule has 0 fully saturated rings. The second kappa shape index (κ2) is 7.59. The summed E-state index contributed by atoms with van der Waals surface area (Å²) in [5.74, 6) is -0.00340. The molecule has 0 unspecified atom stereocenters. The van der Waals surface area contributed by atoms with Crippen LogP contribution in [0.5, 0.6) is 5.75 Å². The molecule has 3 rings (SSSR count). The summed E-state index contributed by atoms with van der Waals surface area (Å²) in [7, 11) is 1.59. The zero-order valence-electron chi connectivity index (χ0n) is 15.2. The fraction of sp³-hybridized carbons (Fsp3) is 0.421. The van der Waals surface area contributed by atoms with Crippen molar-refractivity contribution >= 4 is 11.8 Å². The average Bonchev–Trinajstić information content (AvgIpc) is 3.04. The summed E-state index contributed by atoms with van der Waals surface area (Å²) in [6, 6.07) is 7.19. The fourth-order valence-electron chi connectivity index (χ4n) is 3.28. The van der Waals surface area contributed by atoms with Crippen molar-refractivity contribution in [1.82, 2.24) is 14.7 Å². The number of primary amides is 1. The van der Waals surface area contributed by atoms with E-state index in [1.54, 1.807) is 31.4 Å². The third kappa shape index (κ3) is 3.29. The highest BCUT2D eigenvalue weighted by Gasteiger charge is 2.33. The standard InChI is InChI=1S/C19H24N4O3/c1-3-4-5-11-22-12-10-15-16(18(20)24)21-23(17(15)19(22)25)13-6-8-14(26-2)9-7-13/h6-9H,3-5,10-12H2,1-2H3,(H2,20,24). The van der Waals surface area contributed by atoms with E-state index in [2.05, 4.69) is 12.0 Å². The van der Waals surface area contributed by atoms with Crippen LogP contribution in [-0.2, 0) is 6.42 Å². The predicted octanol–water partition coefficient (Wildman–Crippen LogP) is 2.17. The molecule has 0 bridgehead atoms. The molecule has 7 nitrogen and oxygen atoms in total. The first-order chi connectivity index (χ1) is 12.6. The van der Waals surface area contributed by atoms with Crippen molar-refractivity contribution in [1.29, 1.82) is 0 Å². The summed E-state index contributed by atoms with van der Waals surface area (Å²) in [5, 5.41) is 4.35. The summed E-state index contributed by atoms with van der Waals surface area (Å²) in [5.41, 5.74) is 7.44. The van der Waals surface area contributed by atoms with Gasteiger partial charge in [-0.2, -0.15) is 5.10 Å². The first-order valence-corrected chi connectivity index (χ1v) is 8.92. The quantitative estimate of drug-likeness (QED) is 0.770. The van der Waals surface area contributed by atoms with Gasteiger partial charge < -0.3 is 15.4 Å². The van der Waals surface area contributed by atoms with E-state index in [-0.39, 0.29) is 11.6 Å². The molecule has 7 heteroatoms. The number of nitrogens with two attached hydrogens (primary N) is 1. The van der Waals surface area contributed by atoms with Crippen LogP contribution >= 0.6 is 0 Å². The molecule has 0 aliphatic carbocycles. The first-order valence-electron chi connectivity index (χ1n) is 8.92. The van der Waals surface area contributed by atoms with Crippen LogP contribution in [0.1, 0.15) is 52.7 Å². The van der Waals surface area contributed by atoms with Crippen molar-refractivity contribution in [2.24, 2.45) is 5.73 Å². The minimum absolute atomic E-state index is 0.0989. The molecule has 1 aliphatic heterocycles. The number of aromatic nitrogens is 2. The molecule has 2 amide bonds. The molecule has 26 heavy (non-hydrogen) atoms. The highest BCUT2D eigenvalue weighted by molar-refractivity contribution is 6.01. The lowest BCUT2D eigenvalue weighted by atomic mass is 10.0. The summed E-state index contributed by atoms with van der Waals surface area (Å²) >= 11 is 0. The molecule has 2 N–H and O–H groups in total. The van der Waals surface area contributed by atoms with E-state index >= 15 is 0 Å². The Morgan fingerprint density at radius 2 is 2.00 bits per heavy atom. The second-order valence-corrected chi connectivity index (χ2v) is 6.40. The summed E-state index contributed by atoms with van der Waals surface area (Å²) in [4.78, 5) is 26.7. The maximum Gasteiger partial charge on any atom is 0.272 e. The Bertz CT molecular complexity index is 811. The third-order valence-electron chi connectivity index (χ3n) is 4.69. The van der Waals surface area contributed by atoms with Gasteiger partial charge in [-0.05, 0) is 37.1 Å². The Balaban J connectivity index is 2.01. The fourth-order valence-corrected chi connectivity index (χ4v) is 3.28. The first kappa shape index (κ1) is 18.0. The molecule has 1 aromatic heterocycles. The van der Waals surface area contributed by atoms with Gasteiger partial charge in [0.05, 0.1) is 12.8 Å². The number of carbonyl (C=O) groups excluding carboxylic acids is 2. The Hall–Kier alpha value is -2.83. The Kier molecular flexibility index (Phi) is 5.25. The molecule has 0 spiro atoms. The normalized spacial score (nSPS) is 13.6. The van der Waals surface area contributed by atoms with Crippen molar-refractivity contribution in [3.05, 3.63) is 41.2 Å². The summed E-state index contributed by atoms with van der Waals surface area (Å²) in [6.07, 6.45) is 3.74. The molecule has 1 aliphatic rings. The van der Waals surface area contributed by atoms with Gasteiger partial charge in [-0.1, -0.05) is 19.8 Å². The van der Waals surface area contributed by atoms with Gasteiger partial charge in [0.25, 0.3) is 11.8 Å². The Morgan fingerprint density at radius 1 is 1.27 bits per heavy atom. The number of ether oxygens (including phenoxy) is 1. The minimum atomic E-state index is -0.610. The van der Waals surface area contributed by atoms with Gasteiger partial charge in [-0.15, -0.1) is 0 Å². The smallest absolute Gasteiger partial charge is 0.272 e. The average molecular weight is 356 g/mol. The lowest BCUT2D eigenvalue weighted by Gasteiger charge is -2.27. The number of nitrogens with zero attached hydrogens (tertiary/aromatic N) is 3. The summed E-state index contributed by atoms with van der Waals surface area (Å²) in [6.45, 7) is 3.43. The molecule has 0 atom stereocenters. The zero-order chi connectivity index (χ0) is 18.7. The Morgan fingerprint density at radius 3 is 2.62 bits per heavy atom. The maximum atomic E-state index is 13.1. The molecule has 1 aromatic carbocycles. The number of benzene rings is 1. The van der Waals surface area contributed by atoms with Crippen LogP contribution < -0.4 is 10.5 Å². The van der Waals surface area contributed by atoms with E-state index < -0.39 is 5.91 Å². The molecular weight excluding hydrogens is 332 g/mol. The number of hydrogen-bond donors (Lipinski definition) is 1. The van der Waals surface area contributed by atoms with Gasteiger partial charge in [0, 0.05) is 18.7 Å². The van der Waals surface area contributed by atoms with Crippen molar-refractivity contribution < 1.29 is 14.3 Å². The van der Waals surface area contributed by atoms with E-state index in [1.807, 2.05) is 4.90 Å². The lowest BCUT2D eigenvalue weighted by Crippen LogP contribution is -2.39. The topological polar surface area (TPSA) is 90.5 Å². The van der Waals surface area contributed by atoms with E-state index in [0.717, 1.165) is 19.3 Å². The molecule has 0 saturated heterocycles. The number of fused-ring (bicyclic) bond motifs is 1. The molecule has 0 saturated carbocycles. The SMILES string of the molecule is CCCCCN1CCc2c(C(N)=O)nn(-c3ccc(OC)cc3)c2C1=O. The number of rotatable bonds is 7. The minimum Gasteiger partial charge on any atom is -0.497 e. The maximum absolute atomic E-state index is 13.1. The second-order valence-electron chi connectivity index (χ2n) is 6.40. The Labute approximate surface area is 152 Å². The van der Waals surface area contributed by atoms with Gasteiger partial charge >= 0.3 is 0 Å². The van der Waals surface area contributed by atoms with Crippen LogP contribution in [0.25, 0.3) is 5.69 Å². The van der Waals surface area contributed by atoms with E-state index in [4.69, 9.17) is 10.5 Å². The van der Waals surface area contributed by atoms with Crippen molar-refractivity contribution in [3.8, 4) is 11.4 Å². The number of unbranched alkanes of at least 4 members (excludes halogenated alkanes) is 2. The van der Waals surface area contributed by atoms with Crippen molar-refractivity contribution in [2.45, 2.75) is 32.6 Å². The molecular formula is C19H24N4O3. The number of carbonyl (C=O) groups is 2. The van der Waals surface area contributed by atoms with Crippen LogP contribution in [0.3, 0.4) is 0 Å². The van der Waals surface area contributed by atoms with Crippen LogP contribution in [-0.4, -0.2) is 46.7 Å². The third-order valence-corrected chi connectivity index (χ3v) is 4.69. The number of hydrogen-bond acceptors (Lipinski definition) is 4. The number of methoxy groups -OCH3 is 1. The van der Waals surface area contributed by atoms with Gasteiger partial charge in [0.15, 0.2) is 5.69 Å². The molecule has 2 heterocycles. The predicted molar refractivity (Wildman–Crippen MR) is 97.8 cm³/mol. The van der Waals surface area contributed by atoms with Gasteiger partial charge in [0.2, 0.25) is 0 Å². The van der Waals surface area contributed by atoms with Crippen LogP contribution in [0, 0.1) is 0 Å². The van der Waals surface area contributed by atoms with Gasteiger partial charge in [-0.25, -0.2) is 4.68 Å². The van der Waals surface area contributed by atoms with Crippen molar-refractivity contribution in [3.63, 3.8) is 0 Å². The van der Waals surface area contributed by atoms with Crippen LogP contribution in [0.2, 0.25) is 0 Å². The van der Waals surface area contributed by atoms with E-state index in [0.29, 0.717) is 42.2 Å². The molecule has 2 aromatic rings. The van der Waals surface area contributed by atoms with Gasteiger partial charge in [-0.3, -0.25) is 9.59 Å². The summed E-state index contributed by atoms with van der Waals surface area (Å²) < 4.78 is 6.71. The zero-order valence-corrected chi connectivity index (χ0v) is 15.2. The van der Waals surface area contributed by atoms with E-state index in [9.17, 15) is 9.59 Å². The highest BCUT2D eigenvalue weighted by atomic mass is 16.5. The lowest BCUT2D eigenvalue weighted by molar-refractivity contribution is 0.0727. The molecule has 138 valence electrons. The van der Waals surface area contributed by atoms with Gasteiger partial charge in [0.1, 0.15) is 11.4 Å². The van der Waals surface area contributed by atoms with Crippen LogP contribution in [0.15, 0.2) is 24.3 Å². The number of amides is 2. The van der Waals surface area contributed by atoms with Crippen LogP contribution in [0.4, 0.5) is 0 Å².